The molecule has 1 amide bonds. The van der Waals surface area contributed by atoms with Gasteiger partial charge in [0, 0.05) is 38.3 Å². The summed E-state index contributed by atoms with van der Waals surface area (Å²) >= 11 is 6.49. The van der Waals surface area contributed by atoms with Crippen molar-refractivity contribution in [3.63, 3.8) is 0 Å². The van der Waals surface area contributed by atoms with Gasteiger partial charge in [0.05, 0.1) is 10.7 Å². The number of rotatable bonds is 6. The zero-order chi connectivity index (χ0) is 19.5. The molecule has 28 heavy (non-hydrogen) atoms. The van der Waals surface area contributed by atoms with E-state index in [1.54, 1.807) is 0 Å². The maximum Gasteiger partial charge on any atom is 0.251 e. The molecule has 4 nitrogen and oxygen atoms in total. The number of piperazine rings is 1. The number of hydrogen-bond donors (Lipinski definition) is 1. The Hall–Kier alpha value is -2.04. The topological polar surface area (TPSA) is 35.6 Å². The SMILES string of the molecule is Cc1cccc(N2CCN(CCCCc3ccc4c(c3)C(=O)NC4)CC2)c1Cl. The molecule has 4 rings (SSSR count). The first-order valence-corrected chi connectivity index (χ1v) is 10.6. The van der Waals surface area contributed by atoms with Crippen LogP contribution in [0.3, 0.4) is 0 Å². The number of carbonyl (C=O) groups excluding carboxylic acids is 1. The average Bonchev–Trinajstić information content (AvgIpc) is 3.08. The summed E-state index contributed by atoms with van der Waals surface area (Å²) in [5.74, 6) is 0.0726. The quantitative estimate of drug-likeness (QED) is 0.747. The van der Waals surface area contributed by atoms with Crippen molar-refractivity contribution in [2.45, 2.75) is 32.7 Å². The van der Waals surface area contributed by atoms with Crippen LogP contribution in [-0.4, -0.2) is 43.5 Å². The smallest absolute Gasteiger partial charge is 0.251 e. The van der Waals surface area contributed by atoms with Crippen molar-refractivity contribution in [2.75, 3.05) is 37.6 Å². The summed E-state index contributed by atoms with van der Waals surface area (Å²) in [6.07, 6.45) is 3.39. The van der Waals surface area contributed by atoms with E-state index in [2.05, 4.69) is 58.4 Å². The zero-order valence-corrected chi connectivity index (χ0v) is 17.3. The predicted octanol–water partition coefficient (Wildman–Crippen LogP) is 4.04. The molecule has 0 atom stereocenters. The van der Waals surface area contributed by atoms with Gasteiger partial charge in [-0.1, -0.05) is 35.9 Å². The number of amides is 1. The first-order chi connectivity index (χ1) is 13.6. The standard InChI is InChI=1S/C23H28ClN3O/c1-17-5-4-7-21(22(17)24)27-13-11-26(12-14-27)10-3-2-6-18-8-9-19-16-25-23(28)20(19)15-18/h4-5,7-9,15H,2-3,6,10-14,16H2,1H3,(H,25,28). The molecule has 2 heterocycles. The molecule has 0 spiro atoms. The van der Waals surface area contributed by atoms with Crippen LogP contribution in [-0.2, 0) is 13.0 Å². The highest BCUT2D eigenvalue weighted by molar-refractivity contribution is 6.34. The van der Waals surface area contributed by atoms with Gasteiger partial charge in [-0.05, 0) is 61.6 Å². The second-order valence-electron chi connectivity index (χ2n) is 7.87. The minimum Gasteiger partial charge on any atom is -0.368 e. The summed E-state index contributed by atoms with van der Waals surface area (Å²) in [6.45, 7) is 8.11. The van der Waals surface area contributed by atoms with Gasteiger partial charge in [0.15, 0.2) is 0 Å². The maximum absolute atomic E-state index is 11.8. The lowest BCUT2D eigenvalue weighted by atomic mass is 10.0. The summed E-state index contributed by atoms with van der Waals surface area (Å²) in [5.41, 5.74) is 5.58. The zero-order valence-electron chi connectivity index (χ0n) is 16.5. The van der Waals surface area contributed by atoms with Crippen LogP contribution in [0.25, 0.3) is 0 Å². The highest BCUT2D eigenvalue weighted by Gasteiger charge is 2.20. The van der Waals surface area contributed by atoms with Crippen molar-refractivity contribution in [1.29, 1.82) is 0 Å². The molecule has 2 aliphatic rings. The van der Waals surface area contributed by atoms with E-state index in [1.165, 1.54) is 17.7 Å². The number of anilines is 1. The Kier molecular flexibility index (Phi) is 5.88. The van der Waals surface area contributed by atoms with E-state index < -0.39 is 0 Å². The van der Waals surface area contributed by atoms with Crippen LogP contribution in [0, 0.1) is 6.92 Å². The molecule has 1 N–H and O–H groups in total. The molecule has 2 aromatic carbocycles. The summed E-state index contributed by atoms with van der Waals surface area (Å²) in [5, 5.41) is 3.77. The Labute approximate surface area is 172 Å². The van der Waals surface area contributed by atoms with Crippen LogP contribution in [0.2, 0.25) is 5.02 Å². The van der Waals surface area contributed by atoms with E-state index >= 15 is 0 Å². The molecule has 5 heteroatoms. The molecule has 0 saturated carbocycles. The fourth-order valence-corrected chi connectivity index (χ4v) is 4.41. The molecule has 2 aromatic rings. The first-order valence-electron chi connectivity index (χ1n) is 10.2. The van der Waals surface area contributed by atoms with E-state index in [4.69, 9.17) is 11.6 Å². The second kappa shape index (κ2) is 8.54. The van der Waals surface area contributed by atoms with Gasteiger partial charge in [-0.3, -0.25) is 9.69 Å². The van der Waals surface area contributed by atoms with Gasteiger partial charge in [0.1, 0.15) is 0 Å². The van der Waals surface area contributed by atoms with Gasteiger partial charge >= 0.3 is 0 Å². The normalized spacial score (nSPS) is 16.9. The lowest BCUT2D eigenvalue weighted by Gasteiger charge is -2.36. The molecule has 148 valence electrons. The maximum atomic E-state index is 11.8. The number of carbonyl (C=O) groups is 1. The van der Waals surface area contributed by atoms with Crippen LogP contribution in [0.1, 0.15) is 39.9 Å². The van der Waals surface area contributed by atoms with Gasteiger partial charge in [-0.25, -0.2) is 0 Å². The Morgan fingerprint density at radius 1 is 1.07 bits per heavy atom. The van der Waals surface area contributed by atoms with Gasteiger partial charge in [0.2, 0.25) is 0 Å². The second-order valence-corrected chi connectivity index (χ2v) is 8.25. The average molecular weight is 398 g/mol. The largest absolute Gasteiger partial charge is 0.368 e. The van der Waals surface area contributed by atoms with E-state index in [0.717, 1.165) is 67.3 Å². The van der Waals surface area contributed by atoms with E-state index in [0.29, 0.717) is 6.54 Å². The summed E-state index contributed by atoms with van der Waals surface area (Å²) in [7, 11) is 0. The molecule has 0 radical (unpaired) electrons. The number of nitrogens with zero attached hydrogens (tertiary/aromatic N) is 2. The third-order valence-corrected chi connectivity index (χ3v) is 6.42. The van der Waals surface area contributed by atoms with Gasteiger partial charge < -0.3 is 10.2 Å². The highest BCUT2D eigenvalue weighted by Crippen LogP contribution is 2.29. The molecule has 2 aliphatic heterocycles. The summed E-state index contributed by atoms with van der Waals surface area (Å²) in [4.78, 5) is 16.7. The number of aryl methyl sites for hydroxylation is 2. The molecular formula is C23H28ClN3O. The highest BCUT2D eigenvalue weighted by atomic mass is 35.5. The van der Waals surface area contributed by atoms with Gasteiger partial charge in [0.25, 0.3) is 5.91 Å². The minimum atomic E-state index is 0.0726. The molecule has 0 aromatic heterocycles. The molecule has 1 fully saturated rings. The third-order valence-electron chi connectivity index (χ3n) is 5.93. The van der Waals surface area contributed by atoms with Gasteiger partial charge in [-0.15, -0.1) is 0 Å². The number of nitrogens with one attached hydrogen (secondary N) is 1. The Balaban J connectivity index is 1.21. The first kappa shape index (κ1) is 19.3. The van der Waals surface area contributed by atoms with Crippen molar-refractivity contribution in [1.82, 2.24) is 10.2 Å². The van der Waals surface area contributed by atoms with E-state index in [9.17, 15) is 4.79 Å². The lowest BCUT2D eigenvalue weighted by molar-refractivity contribution is 0.0965. The fraction of sp³-hybridized carbons (Fsp3) is 0.435. The van der Waals surface area contributed by atoms with Crippen molar-refractivity contribution in [3.8, 4) is 0 Å². The molecular weight excluding hydrogens is 370 g/mol. The van der Waals surface area contributed by atoms with E-state index in [1.807, 2.05) is 0 Å². The van der Waals surface area contributed by atoms with Crippen LogP contribution in [0.15, 0.2) is 36.4 Å². The minimum absolute atomic E-state index is 0.0726. The summed E-state index contributed by atoms with van der Waals surface area (Å²) in [6, 6.07) is 12.6. The van der Waals surface area contributed by atoms with Crippen LogP contribution in [0.5, 0.6) is 0 Å². The van der Waals surface area contributed by atoms with E-state index in [-0.39, 0.29) is 5.91 Å². The van der Waals surface area contributed by atoms with Crippen molar-refractivity contribution >= 4 is 23.2 Å². The summed E-state index contributed by atoms with van der Waals surface area (Å²) < 4.78 is 0. The van der Waals surface area contributed by atoms with Crippen molar-refractivity contribution in [3.05, 3.63) is 63.7 Å². The molecule has 1 saturated heterocycles. The molecule has 0 bridgehead atoms. The number of halogens is 1. The van der Waals surface area contributed by atoms with Crippen LogP contribution < -0.4 is 10.2 Å². The lowest BCUT2D eigenvalue weighted by Crippen LogP contribution is -2.46. The number of benzene rings is 2. The number of fused-ring (bicyclic) bond motifs is 1. The fourth-order valence-electron chi connectivity index (χ4n) is 4.17. The Morgan fingerprint density at radius 2 is 1.89 bits per heavy atom. The van der Waals surface area contributed by atoms with Crippen LogP contribution in [0.4, 0.5) is 5.69 Å². The Morgan fingerprint density at radius 3 is 2.71 bits per heavy atom. The number of hydrogen-bond acceptors (Lipinski definition) is 3. The number of unbranched alkanes of at least 4 members (excludes halogenated alkanes) is 1. The third kappa shape index (κ3) is 4.18. The van der Waals surface area contributed by atoms with Crippen LogP contribution >= 0.6 is 11.6 Å². The predicted molar refractivity (Wildman–Crippen MR) is 115 cm³/mol. The van der Waals surface area contributed by atoms with Crippen molar-refractivity contribution < 1.29 is 4.79 Å². The monoisotopic (exact) mass is 397 g/mol. The molecule has 0 unspecified atom stereocenters. The van der Waals surface area contributed by atoms with Gasteiger partial charge in [-0.2, -0.15) is 0 Å². The van der Waals surface area contributed by atoms with Crippen molar-refractivity contribution in [2.24, 2.45) is 0 Å². The Bertz CT molecular complexity index is 859. The molecule has 0 aliphatic carbocycles.